The summed E-state index contributed by atoms with van der Waals surface area (Å²) in [6, 6.07) is 9.78. The zero-order valence-corrected chi connectivity index (χ0v) is 14.7. The molecule has 25 heavy (non-hydrogen) atoms. The van der Waals surface area contributed by atoms with Gasteiger partial charge in [-0.2, -0.15) is 15.0 Å². The van der Waals surface area contributed by atoms with Gasteiger partial charge in [0.2, 0.25) is 5.91 Å². The first-order chi connectivity index (χ1) is 11.9. The Hall–Kier alpha value is -3.20. The summed E-state index contributed by atoms with van der Waals surface area (Å²) < 4.78 is 1.61. The van der Waals surface area contributed by atoms with Crippen molar-refractivity contribution in [2.24, 2.45) is 0 Å². The third-order valence-electron chi connectivity index (χ3n) is 4.00. The molecule has 0 saturated heterocycles. The summed E-state index contributed by atoms with van der Waals surface area (Å²) in [5, 5.41) is 16.9. The number of hydrogen-bond acceptors (Lipinski definition) is 4. The van der Waals surface area contributed by atoms with E-state index in [-0.39, 0.29) is 12.3 Å². The van der Waals surface area contributed by atoms with Crippen molar-refractivity contribution in [2.45, 2.75) is 34.1 Å². The number of nitrogens with zero attached hydrogens (tertiary/aromatic N) is 4. The lowest BCUT2D eigenvalue weighted by atomic mass is 10.0. The Morgan fingerprint density at radius 2 is 1.92 bits per heavy atom. The summed E-state index contributed by atoms with van der Waals surface area (Å²) in [6.45, 7) is 7.99. The van der Waals surface area contributed by atoms with Crippen molar-refractivity contribution >= 4 is 22.6 Å². The molecule has 0 unspecified atom stereocenters. The average Bonchev–Trinajstić information content (AvgIpc) is 2.88. The van der Waals surface area contributed by atoms with Crippen LogP contribution in [0.2, 0.25) is 0 Å². The van der Waals surface area contributed by atoms with Crippen molar-refractivity contribution in [1.82, 2.24) is 14.8 Å². The topological polar surface area (TPSA) is 83.6 Å². The van der Waals surface area contributed by atoms with Crippen LogP contribution >= 0.6 is 0 Å². The highest BCUT2D eigenvalue weighted by atomic mass is 16.1. The second-order valence-electron chi connectivity index (χ2n) is 6.24. The Morgan fingerprint density at radius 1 is 1.16 bits per heavy atom. The van der Waals surface area contributed by atoms with Crippen LogP contribution in [-0.2, 0) is 4.79 Å². The number of rotatable bonds is 3. The Balaban J connectivity index is 2.14. The highest BCUT2D eigenvalue weighted by Crippen LogP contribution is 2.25. The van der Waals surface area contributed by atoms with Crippen LogP contribution in [0.5, 0.6) is 0 Å². The Labute approximate surface area is 146 Å². The number of aryl methyl sites for hydroxylation is 4. The molecule has 0 bridgehead atoms. The van der Waals surface area contributed by atoms with Gasteiger partial charge in [0, 0.05) is 11.5 Å². The zero-order valence-electron chi connectivity index (χ0n) is 14.7. The maximum atomic E-state index is 11.8. The fraction of sp³-hybridized carbons (Fsp3) is 0.263. The smallest absolute Gasteiger partial charge is 0.239 e. The lowest BCUT2D eigenvalue weighted by molar-refractivity contribution is -0.115. The van der Waals surface area contributed by atoms with E-state index in [0.717, 1.165) is 27.7 Å². The first-order valence-electron chi connectivity index (χ1n) is 8.01. The van der Waals surface area contributed by atoms with Crippen molar-refractivity contribution in [3.63, 3.8) is 0 Å². The van der Waals surface area contributed by atoms with Gasteiger partial charge >= 0.3 is 0 Å². The van der Waals surface area contributed by atoms with Gasteiger partial charge in [0.05, 0.1) is 17.3 Å². The molecule has 1 aromatic carbocycles. The predicted molar refractivity (Wildman–Crippen MR) is 96.7 cm³/mol. The van der Waals surface area contributed by atoms with E-state index in [1.54, 1.807) is 10.7 Å². The molecule has 0 atom stereocenters. The molecule has 2 aromatic heterocycles. The van der Waals surface area contributed by atoms with Crippen molar-refractivity contribution < 1.29 is 4.79 Å². The molecule has 0 aliphatic carbocycles. The summed E-state index contributed by atoms with van der Waals surface area (Å²) in [6.07, 6.45) is -0.202. The van der Waals surface area contributed by atoms with Crippen LogP contribution in [0.15, 0.2) is 24.3 Å². The van der Waals surface area contributed by atoms with Gasteiger partial charge < -0.3 is 5.32 Å². The molecule has 3 rings (SSSR count). The van der Waals surface area contributed by atoms with Crippen molar-refractivity contribution in [2.75, 3.05) is 5.32 Å². The molecule has 3 aromatic rings. The van der Waals surface area contributed by atoms with Crippen LogP contribution in [-0.4, -0.2) is 20.7 Å². The number of carbonyl (C=O) groups is 1. The molecule has 1 amide bonds. The SMILES string of the molecule is Cc1cc(C)c2nc(-n3nc(C)cc3NC(=O)CC#N)cc(C)c2c1. The van der Waals surface area contributed by atoms with Crippen LogP contribution in [0.1, 0.15) is 28.8 Å². The van der Waals surface area contributed by atoms with Gasteiger partial charge in [-0.05, 0) is 51.0 Å². The summed E-state index contributed by atoms with van der Waals surface area (Å²) >= 11 is 0. The maximum Gasteiger partial charge on any atom is 0.239 e. The van der Waals surface area contributed by atoms with E-state index in [1.807, 2.05) is 32.9 Å². The summed E-state index contributed by atoms with van der Waals surface area (Å²) in [7, 11) is 0. The molecule has 1 N–H and O–H groups in total. The van der Waals surface area contributed by atoms with E-state index in [1.165, 1.54) is 5.56 Å². The van der Waals surface area contributed by atoms with E-state index in [4.69, 9.17) is 10.2 Å². The average molecular weight is 333 g/mol. The molecule has 2 heterocycles. The largest absolute Gasteiger partial charge is 0.310 e. The van der Waals surface area contributed by atoms with E-state index >= 15 is 0 Å². The van der Waals surface area contributed by atoms with Crippen LogP contribution in [0, 0.1) is 39.0 Å². The fourth-order valence-electron chi connectivity index (χ4n) is 2.96. The van der Waals surface area contributed by atoms with Crippen molar-refractivity contribution in [1.29, 1.82) is 5.26 Å². The molecule has 0 aliphatic rings. The molecule has 0 radical (unpaired) electrons. The summed E-state index contributed by atoms with van der Waals surface area (Å²) in [5.74, 6) is 0.777. The van der Waals surface area contributed by atoms with Crippen LogP contribution in [0.3, 0.4) is 0 Å². The van der Waals surface area contributed by atoms with Crippen LogP contribution < -0.4 is 5.32 Å². The molecular weight excluding hydrogens is 314 g/mol. The molecule has 0 aliphatic heterocycles. The van der Waals surface area contributed by atoms with Gasteiger partial charge in [-0.15, -0.1) is 0 Å². The number of nitrogens with one attached hydrogen (secondary N) is 1. The first kappa shape index (κ1) is 16.7. The Bertz CT molecular complexity index is 1030. The van der Waals surface area contributed by atoms with Crippen molar-refractivity contribution in [3.05, 3.63) is 46.6 Å². The number of amides is 1. The predicted octanol–water partition coefficient (Wildman–Crippen LogP) is 3.51. The number of pyridine rings is 1. The molecular formula is C19H19N5O. The second-order valence-corrected chi connectivity index (χ2v) is 6.24. The van der Waals surface area contributed by atoms with Gasteiger partial charge in [0.25, 0.3) is 0 Å². The molecule has 0 fully saturated rings. The third-order valence-corrected chi connectivity index (χ3v) is 4.00. The van der Waals surface area contributed by atoms with E-state index in [9.17, 15) is 4.79 Å². The van der Waals surface area contributed by atoms with Gasteiger partial charge in [-0.25, -0.2) is 4.98 Å². The Kier molecular flexibility index (Phi) is 4.24. The van der Waals surface area contributed by atoms with Crippen LogP contribution in [0.25, 0.3) is 16.7 Å². The highest BCUT2D eigenvalue weighted by Gasteiger charge is 2.14. The van der Waals surface area contributed by atoms with Crippen molar-refractivity contribution in [3.8, 4) is 11.9 Å². The van der Waals surface area contributed by atoms with Crippen LogP contribution in [0.4, 0.5) is 5.82 Å². The Morgan fingerprint density at radius 3 is 2.64 bits per heavy atom. The van der Waals surface area contributed by atoms with E-state index in [0.29, 0.717) is 11.6 Å². The number of hydrogen-bond donors (Lipinski definition) is 1. The quantitative estimate of drug-likeness (QED) is 0.795. The lowest BCUT2D eigenvalue weighted by Crippen LogP contribution is -2.14. The summed E-state index contributed by atoms with van der Waals surface area (Å²) in [5.41, 5.74) is 5.06. The molecule has 6 nitrogen and oxygen atoms in total. The van der Waals surface area contributed by atoms with E-state index in [2.05, 4.69) is 29.5 Å². The van der Waals surface area contributed by atoms with E-state index < -0.39 is 0 Å². The highest BCUT2D eigenvalue weighted by molar-refractivity contribution is 5.92. The number of anilines is 1. The standard InChI is InChI=1S/C19H19N5O/c1-11-7-13(3)19-15(8-11)12(2)9-16(22-19)24-17(10-14(4)23-24)21-18(25)5-6-20/h7-10H,5H2,1-4H3,(H,21,25). The third kappa shape index (κ3) is 3.22. The minimum atomic E-state index is -0.368. The molecule has 0 saturated carbocycles. The first-order valence-corrected chi connectivity index (χ1v) is 8.01. The number of carbonyl (C=O) groups excluding carboxylic acids is 1. The number of nitriles is 1. The number of aromatic nitrogens is 3. The minimum Gasteiger partial charge on any atom is -0.310 e. The zero-order chi connectivity index (χ0) is 18.1. The van der Waals surface area contributed by atoms with Gasteiger partial charge in [0.15, 0.2) is 5.82 Å². The molecule has 6 heteroatoms. The van der Waals surface area contributed by atoms with Gasteiger partial charge in [0.1, 0.15) is 12.2 Å². The second kappa shape index (κ2) is 6.36. The number of benzene rings is 1. The normalized spacial score (nSPS) is 10.7. The molecule has 126 valence electrons. The lowest BCUT2D eigenvalue weighted by Gasteiger charge is -2.12. The summed E-state index contributed by atoms with van der Waals surface area (Å²) in [4.78, 5) is 16.5. The molecule has 0 spiro atoms. The van der Waals surface area contributed by atoms with Gasteiger partial charge in [-0.1, -0.05) is 11.6 Å². The maximum absolute atomic E-state index is 11.8. The van der Waals surface area contributed by atoms with Gasteiger partial charge in [-0.3, -0.25) is 4.79 Å². The minimum absolute atomic E-state index is 0.202. The monoisotopic (exact) mass is 333 g/mol. The number of fused-ring (bicyclic) bond motifs is 1. The fourth-order valence-corrected chi connectivity index (χ4v) is 2.96.